The number of nitrogens with zero attached hydrogens (tertiary/aromatic N) is 2. The smallest absolute Gasteiger partial charge is 0.338 e. The molecule has 178 valence electrons. The number of para-hydroxylation sites is 1. The first-order valence-corrected chi connectivity index (χ1v) is 10.8. The number of halogens is 1. The third-order valence-corrected chi connectivity index (χ3v) is 5.20. The van der Waals surface area contributed by atoms with Gasteiger partial charge in [0.15, 0.2) is 5.58 Å². The van der Waals surface area contributed by atoms with Crippen molar-refractivity contribution in [2.45, 2.75) is 20.5 Å². The number of esters is 1. The monoisotopic (exact) mass is 475 g/mol. The van der Waals surface area contributed by atoms with Crippen LogP contribution in [0, 0.1) is 12.7 Å². The van der Waals surface area contributed by atoms with E-state index in [-0.39, 0.29) is 30.0 Å². The summed E-state index contributed by atoms with van der Waals surface area (Å²) in [5.74, 6) is -1.71. The number of aliphatic hydroxyl groups is 1. The maximum absolute atomic E-state index is 14.2. The van der Waals surface area contributed by atoms with Crippen LogP contribution in [-0.2, 0) is 11.3 Å². The van der Waals surface area contributed by atoms with E-state index in [1.807, 2.05) is 0 Å². The van der Waals surface area contributed by atoms with Gasteiger partial charge in [0.05, 0.1) is 35.8 Å². The number of hydrogen-bond donors (Lipinski definition) is 2. The van der Waals surface area contributed by atoms with Crippen LogP contribution < -0.4 is 10.9 Å². The topological polar surface area (TPSA) is 114 Å². The zero-order chi connectivity index (χ0) is 24.9. The minimum Gasteiger partial charge on any atom is -0.462 e. The number of nitrogens with one attached hydrogen (secondary N) is 1. The van der Waals surface area contributed by atoms with E-state index in [1.54, 1.807) is 44.2 Å². The lowest BCUT2D eigenvalue weighted by molar-refractivity contribution is 0.0526. The number of fused-ring (bicyclic) bond motifs is 1. The minimum atomic E-state index is -0.652. The fourth-order valence-corrected chi connectivity index (χ4v) is 3.42. The number of aliphatic hydroxyl groups excluding tert-OH is 1. The molecule has 35 heavy (non-hydrogen) atoms. The SMILES string of the molecule is CCOC(=O)c1ccc(N=c2oc3c(C)ncc(CO)c3cc2C(=O)Nc2ccccc2F)cc1. The van der Waals surface area contributed by atoms with Crippen LogP contribution in [0.2, 0.25) is 0 Å². The number of aromatic nitrogens is 1. The summed E-state index contributed by atoms with van der Waals surface area (Å²) in [7, 11) is 0. The van der Waals surface area contributed by atoms with E-state index in [9.17, 15) is 19.1 Å². The summed E-state index contributed by atoms with van der Waals surface area (Å²) < 4.78 is 25.1. The predicted octanol–water partition coefficient (Wildman–Crippen LogP) is 4.43. The van der Waals surface area contributed by atoms with Crippen molar-refractivity contribution in [2.24, 2.45) is 4.99 Å². The average molecular weight is 475 g/mol. The second-order valence-electron chi connectivity index (χ2n) is 7.55. The second-order valence-corrected chi connectivity index (χ2v) is 7.55. The molecule has 1 amide bonds. The fraction of sp³-hybridized carbons (Fsp3) is 0.154. The maximum atomic E-state index is 14.2. The van der Waals surface area contributed by atoms with Crippen molar-refractivity contribution in [2.75, 3.05) is 11.9 Å². The molecule has 0 bridgehead atoms. The van der Waals surface area contributed by atoms with E-state index in [0.29, 0.717) is 33.5 Å². The van der Waals surface area contributed by atoms with Crippen molar-refractivity contribution in [1.29, 1.82) is 0 Å². The minimum absolute atomic E-state index is 0.00405. The standard InChI is InChI=1S/C26H22FN3O5/c1-3-34-26(33)16-8-10-18(11-9-16)29-25-20(24(32)30-22-7-5-4-6-21(22)27)12-19-17(14-31)13-28-15(2)23(19)35-25/h4-13,31H,3,14H2,1-2H3,(H,30,32). The van der Waals surface area contributed by atoms with Crippen molar-refractivity contribution < 1.29 is 28.2 Å². The molecule has 2 N–H and O–H groups in total. The summed E-state index contributed by atoms with van der Waals surface area (Å²) in [5, 5.41) is 12.8. The van der Waals surface area contributed by atoms with Crippen LogP contribution in [0.25, 0.3) is 11.0 Å². The van der Waals surface area contributed by atoms with Crippen molar-refractivity contribution >= 4 is 34.2 Å². The van der Waals surface area contributed by atoms with E-state index >= 15 is 0 Å². The summed E-state index contributed by atoms with van der Waals surface area (Å²) in [6.07, 6.45) is 1.50. The number of amides is 1. The third kappa shape index (κ3) is 5.10. The largest absolute Gasteiger partial charge is 0.462 e. The van der Waals surface area contributed by atoms with Crippen molar-refractivity contribution in [3.8, 4) is 0 Å². The normalized spacial score (nSPS) is 11.5. The van der Waals surface area contributed by atoms with E-state index in [4.69, 9.17) is 9.15 Å². The van der Waals surface area contributed by atoms with Crippen LogP contribution in [0.15, 0.2) is 70.2 Å². The lowest BCUT2D eigenvalue weighted by Crippen LogP contribution is -2.22. The highest BCUT2D eigenvalue weighted by atomic mass is 19.1. The molecule has 0 atom stereocenters. The number of ether oxygens (including phenoxy) is 1. The van der Waals surface area contributed by atoms with Gasteiger partial charge in [0, 0.05) is 17.1 Å². The molecule has 0 spiro atoms. The lowest BCUT2D eigenvalue weighted by Gasteiger charge is -2.10. The van der Waals surface area contributed by atoms with E-state index in [0.717, 1.165) is 0 Å². The summed E-state index contributed by atoms with van der Waals surface area (Å²) >= 11 is 0. The first kappa shape index (κ1) is 23.8. The molecule has 4 rings (SSSR count). The Morgan fingerprint density at radius 3 is 2.60 bits per heavy atom. The molecule has 0 saturated heterocycles. The Labute approximate surface area is 199 Å². The molecule has 9 heteroatoms. The first-order valence-electron chi connectivity index (χ1n) is 10.8. The van der Waals surface area contributed by atoms with Gasteiger partial charge >= 0.3 is 5.97 Å². The van der Waals surface area contributed by atoms with Crippen molar-refractivity contribution in [3.63, 3.8) is 0 Å². The summed E-state index contributed by atoms with van der Waals surface area (Å²) in [4.78, 5) is 33.8. The lowest BCUT2D eigenvalue weighted by atomic mass is 10.1. The number of rotatable bonds is 6. The molecule has 2 aromatic heterocycles. The van der Waals surface area contributed by atoms with Gasteiger partial charge in [-0.2, -0.15) is 0 Å². The quantitative estimate of drug-likeness (QED) is 0.399. The first-order chi connectivity index (χ1) is 16.9. The molecule has 0 radical (unpaired) electrons. The van der Waals surface area contributed by atoms with Crippen LogP contribution in [0.5, 0.6) is 0 Å². The number of pyridine rings is 1. The molecule has 0 aliphatic carbocycles. The Bertz CT molecular complexity index is 1480. The van der Waals surface area contributed by atoms with E-state index in [1.165, 1.54) is 30.5 Å². The predicted molar refractivity (Wildman–Crippen MR) is 127 cm³/mol. The highest BCUT2D eigenvalue weighted by Gasteiger charge is 2.17. The number of carbonyl (C=O) groups excluding carboxylic acids is 2. The molecule has 8 nitrogen and oxygen atoms in total. The molecular weight excluding hydrogens is 453 g/mol. The highest BCUT2D eigenvalue weighted by molar-refractivity contribution is 6.05. The van der Waals surface area contributed by atoms with Crippen LogP contribution in [0.3, 0.4) is 0 Å². The molecule has 0 aliphatic rings. The summed E-state index contributed by atoms with van der Waals surface area (Å²) in [6, 6.07) is 13.6. The number of aryl methyl sites for hydroxylation is 1. The molecule has 0 unspecified atom stereocenters. The van der Waals surface area contributed by atoms with Crippen LogP contribution >= 0.6 is 0 Å². The number of benzene rings is 2. The molecule has 4 aromatic rings. The Kier molecular flexibility index (Phi) is 6.98. The van der Waals surface area contributed by atoms with Gasteiger partial charge in [-0.25, -0.2) is 14.2 Å². The highest BCUT2D eigenvalue weighted by Crippen LogP contribution is 2.22. The van der Waals surface area contributed by atoms with Crippen LogP contribution in [0.1, 0.15) is 38.9 Å². The molecule has 0 saturated carbocycles. The molecule has 2 heterocycles. The van der Waals surface area contributed by atoms with Gasteiger partial charge in [-0.3, -0.25) is 9.78 Å². The Hall–Kier alpha value is -4.37. The van der Waals surface area contributed by atoms with Gasteiger partial charge in [-0.1, -0.05) is 12.1 Å². The van der Waals surface area contributed by atoms with Gasteiger partial charge < -0.3 is 19.6 Å². The average Bonchev–Trinajstić information content (AvgIpc) is 2.86. The van der Waals surface area contributed by atoms with Gasteiger partial charge in [0.25, 0.3) is 5.91 Å². The Balaban J connectivity index is 1.86. The number of hydrogen-bond acceptors (Lipinski definition) is 7. The van der Waals surface area contributed by atoms with Gasteiger partial charge in [-0.05, 0) is 56.3 Å². The maximum Gasteiger partial charge on any atom is 0.338 e. The molecule has 0 aliphatic heterocycles. The summed E-state index contributed by atoms with van der Waals surface area (Å²) in [6.45, 7) is 3.38. The zero-order valence-corrected chi connectivity index (χ0v) is 19.0. The summed E-state index contributed by atoms with van der Waals surface area (Å²) in [5.41, 5.74) is 2.07. The van der Waals surface area contributed by atoms with Gasteiger partial charge in [0.1, 0.15) is 11.4 Å². The van der Waals surface area contributed by atoms with E-state index in [2.05, 4.69) is 15.3 Å². The zero-order valence-electron chi connectivity index (χ0n) is 19.0. The van der Waals surface area contributed by atoms with Crippen molar-refractivity contribution in [3.05, 3.63) is 94.5 Å². The van der Waals surface area contributed by atoms with Crippen molar-refractivity contribution in [1.82, 2.24) is 4.98 Å². The molecular formula is C26H22FN3O5. The van der Waals surface area contributed by atoms with Gasteiger partial charge in [-0.15, -0.1) is 0 Å². The number of carbonyl (C=O) groups is 2. The van der Waals surface area contributed by atoms with Crippen LogP contribution in [0.4, 0.5) is 15.8 Å². The van der Waals surface area contributed by atoms with Gasteiger partial charge in [0.2, 0.25) is 5.55 Å². The number of anilines is 1. The van der Waals surface area contributed by atoms with E-state index < -0.39 is 17.7 Å². The Morgan fingerprint density at radius 1 is 1.17 bits per heavy atom. The second kappa shape index (κ2) is 10.3. The molecule has 2 aromatic carbocycles. The van der Waals surface area contributed by atoms with Crippen LogP contribution in [-0.4, -0.2) is 28.6 Å². The third-order valence-electron chi connectivity index (χ3n) is 5.20. The molecule has 0 fully saturated rings. The Morgan fingerprint density at radius 2 is 1.91 bits per heavy atom. The fourth-order valence-electron chi connectivity index (χ4n) is 3.42.